The molecule has 1 saturated heterocycles. The molecular weight excluding hydrogens is 376 g/mol. The molecule has 1 aromatic carbocycles. The number of fused-ring (bicyclic) bond motifs is 1. The summed E-state index contributed by atoms with van der Waals surface area (Å²) in [5, 5.41) is 9.34. The van der Waals surface area contributed by atoms with Gasteiger partial charge in [0.25, 0.3) is 21.8 Å². The number of benzene rings is 1. The molecule has 1 unspecified atom stereocenters. The summed E-state index contributed by atoms with van der Waals surface area (Å²) >= 11 is 0. The van der Waals surface area contributed by atoms with Crippen molar-refractivity contribution in [3.8, 4) is 0 Å². The molecule has 2 aliphatic heterocycles. The standard InChI is InChI=1S/C17H20N2O7S/c1-26-9-8-19-16(21)12-6-5-11(10-14(12)27(19,24)25)15(20)18-7-3-2-4-13(18)17(22)23/h5-6,10,13H,2-4,7-9H2,1H3,(H,22,23). The summed E-state index contributed by atoms with van der Waals surface area (Å²) in [6.45, 7) is 0.222. The van der Waals surface area contributed by atoms with Gasteiger partial charge >= 0.3 is 5.97 Å². The monoisotopic (exact) mass is 396 g/mol. The van der Waals surface area contributed by atoms with Crippen LogP contribution >= 0.6 is 0 Å². The molecule has 10 heteroatoms. The van der Waals surface area contributed by atoms with Crippen LogP contribution in [0.25, 0.3) is 0 Å². The minimum Gasteiger partial charge on any atom is -0.480 e. The number of carbonyl (C=O) groups excluding carboxylic acids is 2. The first-order chi connectivity index (χ1) is 12.8. The second kappa shape index (κ2) is 7.28. The van der Waals surface area contributed by atoms with Crippen molar-refractivity contribution in [2.24, 2.45) is 0 Å². The zero-order valence-corrected chi connectivity index (χ0v) is 15.6. The van der Waals surface area contributed by atoms with Crippen molar-refractivity contribution in [2.45, 2.75) is 30.2 Å². The lowest BCUT2D eigenvalue weighted by Crippen LogP contribution is -2.48. The Bertz CT molecular complexity index is 897. The maximum Gasteiger partial charge on any atom is 0.326 e. The highest BCUT2D eigenvalue weighted by atomic mass is 32.2. The Kier molecular flexibility index (Phi) is 5.20. The number of sulfonamides is 1. The number of hydrogen-bond donors (Lipinski definition) is 1. The Morgan fingerprint density at radius 3 is 2.70 bits per heavy atom. The van der Waals surface area contributed by atoms with Gasteiger partial charge < -0.3 is 14.7 Å². The van der Waals surface area contributed by atoms with Gasteiger partial charge in [0.05, 0.1) is 18.7 Å². The van der Waals surface area contributed by atoms with E-state index in [1.54, 1.807) is 0 Å². The number of hydrogen-bond acceptors (Lipinski definition) is 6. The van der Waals surface area contributed by atoms with E-state index in [2.05, 4.69) is 0 Å². The van der Waals surface area contributed by atoms with E-state index >= 15 is 0 Å². The van der Waals surface area contributed by atoms with Crippen LogP contribution in [0.2, 0.25) is 0 Å². The van der Waals surface area contributed by atoms with Crippen LogP contribution in [0.4, 0.5) is 0 Å². The van der Waals surface area contributed by atoms with Crippen molar-refractivity contribution in [1.29, 1.82) is 0 Å². The molecule has 0 saturated carbocycles. The predicted molar refractivity (Wildman–Crippen MR) is 92.9 cm³/mol. The third kappa shape index (κ3) is 3.30. The van der Waals surface area contributed by atoms with E-state index in [0.717, 1.165) is 10.4 Å². The molecule has 0 aliphatic carbocycles. The van der Waals surface area contributed by atoms with Crippen molar-refractivity contribution in [2.75, 3.05) is 26.8 Å². The molecule has 0 radical (unpaired) electrons. The molecular formula is C17H20N2O7S. The number of amides is 2. The third-order valence-corrected chi connectivity index (χ3v) is 6.62. The van der Waals surface area contributed by atoms with Crippen LogP contribution in [0.3, 0.4) is 0 Å². The quantitative estimate of drug-likeness (QED) is 0.772. The van der Waals surface area contributed by atoms with E-state index in [0.29, 0.717) is 25.8 Å². The van der Waals surface area contributed by atoms with Crippen molar-refractivity contribution in [3.63, 3.8) is 0 Å². The molecule has 3 rings (SSSR count). The van der Waals surface area contributed by atoms with Crippen molar-refractivity contribution in [1.82, 2.24) is 9.21 Å². The van der Waals surface area contributed by atoms with Gasteiger partial charge in [-0.25, -0.2) is 17.5 Å². The summed E-state index contributed by atoms with van der Waals surface area (Å²) in [6, 6.07) is 2.89. The van der Waals surface area contributed by atoms with Gasteiger partial charge in [0.15, 0.2) is 0 Å². The first-order valence-corrected chi connectivity index (χ1v) is 9.97. The maximum absolute atomic E-state index is 12.8. The topological polar surface area (TPSA) is 121 Å². The second-order valence-electron chi connectivity index (χ2n) is 6.43. The fourth-order valence-corrected chi connectivity index (χ4v) is 4.98. The Hall–Kier alpha value is -2.46. The van der Waals surface area contributed by atoms with Crippen LogP contribution in [0, 0.1) is 0 Å². The fraction of sp³-hybridized carbons (Fsp3) is 0.471. The van der Waals surface area contributed by atoms with Crippen LogP contribution in [0.15, 0.2) is 23.1 Å². The predicted octanol–water partition coefficient (Wildman–Crippen LogP) is 0.557. The van der Waals surface area contributed by atoms with Crippen LogP contribution in [-0.2, 0) is 19.6 Å². The Labute approximate surface area is 156 Å². The number of aliphatic carboxylic acids is 1. The van der Waals surface area contributed by atoms with Crippen molar-refractivity contribution < 1.29 is 32.6 Å². The summed E-state index contributed by atoms with van der Waals surface area (Å²) < 4.78 is 30.9. The number of carboxylic acids is 1. The molecule has 0 bridgehead atoms. The lowest BCUT2D eigenvalue weighted by Gasteiger charge is -2.33. The molecule has 146 valence electrons. The lowest BCUT2D eigenvalue weighted by molar-refractivity contribution is -0.143. The van der Waals surface area contributed by atoms with Gasteiger partial charge in [-0.3, -0.25) is 9.59 Å². The summed E-state index contributed by atoms with van der Waals surface area (Å²) in [5.41, 5.74) is 0.0444. The normalized spacial score (nSPS) is 21.2. The number of carboxylic acid groups (broad SMARTS) is 1. The van der Waals surface area contributed by atoms with Gasteiger partial charge in [0.2, 0.25) is 0 Å². The highest BCUT2D eigenvalue weighted by Crippen LogP contribution is 2.31. The number of piperidine rings is 1. The van der Waals surface area contributed by atoms with E-state index in [9.17, 15) is 27.9 Å². The first kappa shape index (κ1) is 19.3. The van der Waals surface area contributed by atoms with Crippen LogP contribution in [0.1, 0.15) is 40.0 Å². The summed E-state index contributed by atoms with van der Waals surface area (Å²) in [5.74, 6) is -2.30. The average molecular weight is 396 g/mol. The van der Waals surface area contributed by atoms with Crippen molar-refractivity contribution in [3.05, 3.63) is 29.3 Å². The minimum absolute atomic E-state index is 0.00363. The summed E-state index contributed by atoms with van der Waals surface area (Å²) in [4.78, 5) is 37.6. The number of ether oxygens (including phenoxy) is 1. The zero-order chi connectivity index (χ0) is 19.8. The summed E-state index contributed by atoms with van der Waals surface area (Å²) in [7, 11) is -2.67. The van der Waals surface area contributed by atoms with Gasteiger partial charge in [0.1, 0.15) is 10.9 Å². The molecule has 0 spiro atoms. The van der Waals surface area contributed by atoms with Gasteiger partial charge in [0, 0.05) is 19.2 Å². The smallest absolute Gasteiger partial charge is 0.326 e. The molecule has 0 aromatic heterocycles. The highest BCUT2D eigenvalue weighted by Gasteiger charge is 2.42. The zero-order valence-electron chi connectivity index (χ0n) is 14.8. The highest BCUT2D eigenvalue weighted by molar-refractivity contribution is 7.90. The van der Waals surface area contributed by atoms with Gasteiger partial charge in [-0.15, -0.1) is 0 Å². The summed E-state index contributed by atoms with van der Waals surface area (Å²) in [6.07, 6.45) is 1.75. The molecule has 2 amide bonds. The Morgan fingerprint density at radius 1 is 1.30 bits per heavy atom. The molecule has 9 nitrogen and oxygen atoms in total. The fourth-order valence-electron chi connectivity index (χ4n) is 3.40. The van der Waals surface area contributed by atoms with Crippen LogP contribution in [-0.4, -0.2) is 73.4 Å². The van der Waals surface area contributed by atoms with E-state index in [1.807, 2.05) is 0 Å². The van der Waals surface area contributed by atoms with Gasteiger partial charge in [-0.2, -0.15) is 0 Å². The molecule has 1 aromatic rings. The Balaban J connectivity index is 1.94. The second-order valence-corrected chi connectivity index (χ2v) is 8.27. The molecule has 1 atom stereocenters. The Morgan fingerprint density at radius 2 is 2.04 bits per heavy atom. The molecule has 1 fully saturated rings. The lowest BCUT2D eigenvalue weighted by atomic mass is 10.0. The molecule has 2 aliphatic rings. The maximum atomic E-state index is 12.8. The first-order valence-electron chi connectivity index (χ1n) is 8.53. The van der Waals surface area contributed by atoms with Crippen molar-refractivity contribution >= 4 is 27.8 Å². The minimum atomic E-state index is -4.07. The molecule has 1 N–H and O–H groups in total. The number of rotatable bonds is 5. The largest absolute Gasteiger partial charge is 0.480 e. The number of carbonyl (C=O) groups is 3. The van der Waals surface area contributed by atoms with Gasteiger partial charge in [-0.05, 0) is 37.5 Å². The van der Waals surface area contributed by atoms with Crippen LogP contribution in [0.5, 0.6) is 0 Å². The number of methoxy groups -OCH3 is 1. The SMILES string of the molecule is COCCN1C(=O)c2ccc(C(=O)N3CCCCC3C(=O)O)cc2S1(=O)=O. The van der Waals surface area contributed by atoms with Gasteiger partial charge in [-0.1, -0.05) is 0 Å². The van der Waals surface area contributed by atoms with E-state index < -0.39 is 33.8 Å². The van der Waals surface area contributed by atoms with E-state index in [4.69, 9.17) is 4.74 Å². The molecule has 2 heterocycles. The van der Waals surface area contributed by atoms with E-state index in [-0.39, 0.29) is 29.2 Å². The van der Waals surface area contributed by atoms with Crippen LogP contribution < -0.4 is 0 Å². The van der Waals surface area contributed by atoms with E-state index in [1.165, 1.54) is 24.1 Å². The average Bonchev–Trinajstić information content (AvgIpc) is 2.85. The number of likely N-dealkylation sites (tertiary alicyclic amines) is 1. The number of nitrogens with zero attached hydrogens (tertiary/aromatic N) is 2. The molecule has 27 heavy (non-hydrogen) atoms. The third-order valence-electron chi connectivity index (χ3n) is 4.80.